The number of carbonyl (C=O) groups is 1. The molecular weight excluding hydrogens is 300 g/mol. The highest BCUT2D eigenvalue weighted by atomic mass is 79.9. The van der Waals surface area contributed by atoms with Gasteiger partial charge in [0, 0.05) is 12.7 Å². The molecule has 0 heterocycles. The van der Waals surface area contributed by atoms with Crippen molar-refractivity contribution in [3.63, 3.8) is 0 Å². The fourth-order valence-corrected chi connectivity index (χ4v) is 2.22. The number of methoxy groups -OCH3 is 1. The van der Waals surface area contributed by atoms with Crippen LogP contribution in [0.5, 0.6) is 5.75 Å². The van der Waals surface area contributed by atoms with Gasteiger partial charge in [-0.3, -0.25) is 4.79 Å². The van der Waals surface area contributed by atoms with E-state index in [-0.39, 0.29) is 5.12 Å². The zero-order valence-corrected chi connectivity index (χ0v) is 12.3. The SMILES string of the molecule is COc1cc(C=CCCSC(C)=O)ccc1Br. The van der Waals surface area contributed by atoms with Crippen LogP contribution in [0.4, 0.5) is 0 Å². The Morgan fingerprint density at radius 2 is 2.29 bits per heavy atom. The molecule has 0 aliphatic carbocycles. The summed E-state index contributed by atoms with van der Waals surface area (Å²) in [5.74, 6) is 1.66. The summed E-state index contributed by atoms with van der Waals surface area (Å²) < 4.78 is 6.16. The molecule has 92 valence electrons. The minimum absolute atomic E-state index is 0.170. The molecule has 4 heteroatoms. The van der Waals surface area contributed by atoms with Gasteiger partial charge in [0.15, 0.2) is 5.12 Å². The predicted molar refractivity (Wildman–Crippen MR) is 77.5 cm³/mol. The van der Waals surface area contributed by atoms with E-state index in [9.17, 15) is 4.79 Å². The summed E-state index contributed by atoms with van der Waals surface area (Å²) in [5.41, 5.74) is 1.10. The molecule has 0 atom stereocenters. The molecule has 1 rings (SSSR count). The van der Waals surface area contributed by atoms with Gasteiger partial charge in [-0.2, -0.15) is 0 Å². The lowest BCUT2D eigenvalue weighted by Crippen LogP contribution is -1.85. The maximum absolute atomic E-state index is 10.7. The van der Waals surface area contributed by atoms with Gasteiger partial charge >= 0.3 is 0 Å². The van der Waals surface area contributed by atoms with Crippen molar-refractivity contribution < 1.29 is 9.53 Å². The molecule has 0 fully saturated rings. The summed E-state index contributed by atoms with van der Waals surface area (Å²) in [6.45, 7) is 1.59. The van der Waals surface area contributed by atoms with E-state index in [2.05, 4.69) is 22.0 Å². The zero-order valence-electron chi connectivity index (χ0n) is 9.90. The van der Waals surface area contributed by atoms with Gasteiger partial charge in [-0.25, -0.2) is 0 Å². The molecule has 0 radical (unpaired) electrons. The van der Waals surface area contributed by atoms with E-state index in [0.717, 1.165) is 28.0 Å². The monoisotopic (exact) mass is 314 g/mol. The Bertz CT molecular complexity index is 416. The quantitative estimate of drug-likeness (QED) is 0.764. The molecule has 0 saturated heterocycles. The van der Waals surface area contributed by atoms with E-state index in [1.165, 1.54) is 11.8 Å². The molecule has 0 N–H and O–H groups in total. The summed E-state index contributed by atoms with van der Waals surface area (Å²) in [5, 5.41) is 0.170. The minimum atomic E-state index is 0.170. The molecule has 0 unspecified atom stereocenters. The third-order valence-electron chi connectivity index (χ3n) is 2.08. The number of hydrogen-bond donors (Lipinski definition) is 0. The van der Waals surface area contributed by atoms with Crippen LogP contribution in [0.15, 0.2) is 28.7 Å². The fraction of sp³-hybridized carbons (Fsp3) is 0.308. The number of carbonyl (C=O) groups excluding carboxylic acids is 1. The van der Waals surface area contributed by atoms with Gasteiger partial charge in [0.2, 0.25) is 0 Å². The van der Waals surface area contributed by atoms with Crippen molar-refractivity contribution in [2.45, 2.75) is 13.3 Å². The summed E-state index contributed by atoms with van der Waals surface area (Å²) in [7, 11) is 1.65. The Hall–Kier alpha value is -0.740. The van der Waals surface area contributed by atoms with Crippen LogP contribution in [0.3, 0.4) is 0 Å². The van der Waals surface area contributed by atoms with Gasteiger partial charge in [-0.1, -0.05) is 30.0 Å². The van der Waals surface area contributed by atoms with Crippen LogP contribution in [-0.4, -0.2) is 18.0 Å². The topological polar surface area (TPSA) is 26.3 Å². The van der Waals surface area contributed by atoms with Crippen molar-refractivity contribution in [2.75, 3.05) is 12.9 Å². The molecule has 0 aliphatic rings. The van der Waals surface area contributed by atoms with E-state index >= 15 is 0 Å². The van der Waals surface area contributed by atoms with Gasteiger partial charge in [-0.05, 0) is 40.0 Å². The number of halogens is 1. The third-order valence-corrected chi connectivity index (χ3v) is 3.58. The number of ether oxygens (including phenoxy) is 1. The second-order valence-electron chi connectivity index (χ2n) is 3.43. The first kappa shape index (κ1) is 14.3. The molecule has 2 nitrogen and oxygen atoms in total. The van der Waals surface area contributed by atoms with Gasteiger partial charge < -0.3 is 4.74 Å². The lowest BCUT2D eigenvalue weighted by atomic mass is 10.2. The van der Waals surface area contributed by atoms with Gasteiger partial charge in [-0.15, -0.1) is 0 Å². The van der Waals surface area contributed by atoms with Gasteiger partial charge in [0.05, 0.1) is 11.6 Å². The van der Waals surface area contributed by atoms with Crippen molar-refractivity contribution in [1.29, 1.82) is 0 Å². The number of benzene rings is 1. The van der Waals surface area contributed by atoms with Crippen molar-refractivity contribution in [3.05, 3.63) is 34.3 Å². The Morgan fingerprint density at radius 3 is 2.94 bits per heavy atom. The maximum Gasteiger partial charge on any atom is 0.185 e. The van der Waals surface area contributed by atoms with Crippen molar-refractivity contribution in [1.82, 2.24) is 0 Å². The normalized spacial score (nSPS) is 10.8. The maximum atomic E-state index is 10.7. The van der Waals surface area contributed by atoms with Crippen LogP contribution in [0.2, 0.25) is 0 Å². The number of allylic oxidation sites excluding steroid dienone is 1. The van der Waals surface area contributed by atoms with E-state index < -0.39 is 0 Å². The second-order valence-corrected chi connectivity index (χ2v) is 5.55. The van der Waals surface area contributed by atoms with E-state index in [0.29, 0.717) is 0 Å². The molecule has 1 aromatic rings. The lowest BCUT2D eigenvalue weighted by Gasteiger charge is -2.03. The number of rotatable bonds is 5. The Kier molecular flexibility index (Phi) is 6.37. The Labute approximate surface area is 115 Å². The molecule has 17 heavy (non-hydrogen) atoms. The molecule has 0 aromatic heterocycles. The largest absolute Gasteiger partial charge is 0.496 e. The molecule has 0 bridgehead atoms. The van der Waals surface area contributed by atoms with E-state index in [1.54, 1.807) is 14.0 Å². The second kappa shape index (κ2) is 7.56. The highest BCUT2D eigenvalue weighted by Gasteiger charge is 1.99. The van der Waals surface area contributed by atoms with Crippen LogP contribution in [-0.2, 0) is 4.79 Å². The third kappa shape index (κ3) is 5.41. The average molecular weight is 315 g/mol. The van der Waals surface area contributed by atoms with Crippen molar-refractivity contribution >= 4 is 38.9 Å². The summed E-state index contributed by atoms with van der Waals surface area (Å²) in [6.07, 6.45) is 5.00. The predicted octanol–water partition coefficient (Wildman–Crippen LogP) is 4.14. The van der Waals surface area contributed by atoms with Crippen LogP contribution in [0, 0.1) is 0 Å². The van der Waals surface area contributed by atoms with Gasteiger partial charge in [0.25, 0.3) is 0 Å². The molecule has 1 aromatic carbocycles. The first-order valence-electron chi connectivity index (χ1n) is 5.27. The summed E-state index contributed by atoms with van der Waals surface area (Å²) in [6, 6.07) is 5.95. The smallest absolute Gasteiger partial charge is 0.185 e. The fourth-order valence-electron chi connectivity index (χ4n) is 1.27. The Morgan fingerprint density at radius 1 is 1.53 bits per heavy atom. The van der Waals surface area contributed by atoms with Crippen LogP contribution in [0.1, 0.15) is 18.9 Å². The summed E-state index contributed by atoms with van der Waals surface area (Å²) in [4.78, 5) is 10.7. The first-order valence-corrected chi connectivity index (χ1v) is 7.05. The molecule has 0 aliphatic heterocycles. The average Bonchev–Trinajstić information content (AvgIpc) is 2.30. The lowest BCUT2D eigenvalue weighted by molar-refractivity contribution is -0.109. The van der Waals surface area contributed by atoms with Crippen LogP contribution in [0.25, 0.3) is 6.08 Å². The molecule has 0 amide bonds. The standard InChI is InChI=1S/C13H15BrO2S/c1-10(15)17-8-4-3-5-11-6-7-12(14)13(9-11)16-2/h3,5-7,9H,4,8H2,1-2H3. The number of thioether (sulfide) groups is 1. The van der Waals surface area contributed by atoms with Crippen molar-refractivity contribution in [3.8, 4) is 5.75 Å². The van der Waals surface area contributed by atoms with Gasteiger partial charge in [0.1, 0.15) is 5.75 Å². The van der Waals surface area contributed by atoms with E-state index in [4.69, 9.17) is 4.74 Å². The molecular formula is C13H15BrO2S. The van der Waals surface area contributed by atoms with Crippen molar-refractivity contribution in [2.24, 2.45) is 0 Å². The Balaban J connectivity index is 2.50. The molecule has 0 saturated carbocycles. The summed E-state index contributed by atoms with van der Waals surface area (Å²) >= 11 is 4.76. The highest BCUT2D eigenvalue weighted by molar-refractivity contribution is 9.10. The van der Waals surface area contributed by atoms with Crippen LogP contribution < -0.4 is 4.74 Å². The van der Waals surface area contributed by atoms with E-state index in [1.807, 2.05) is 24.3 Å². The molecule has 0 spiro atoms. The minimum Gasteiger partial charge on any atom is -0.496 e. The number of hydrogen-bond acceptors (Lipinski definition) is 3. The first-order chi connectivity index (χ1) is 8.13. The highest BCUT2D eigenvalue weighted by Crippen LogP contribution is 2.26. The zero-order chi connectivity index (χ0) is 12.7. The van der Waals surface area contributed by atoms with Crippen LogP contribution >= 0.6 is 27.7 Å².